The van der Waals surface area contributed by atoms with E-state index in [0.29, 0.717) is 6.20 Å². The van der Waals surface area contributed by atoms with Crippen LogP contribution in [0.25, 0.3) is 0 Å². The SMILES string of the molecule is N#Cc1ccc(Oc2ccc(Oc3ccc(C(F)(F)F)cn3)cc2)c([N+](=O)[O-])c1. The fraction of sp³-hybridized carbons (Fsp3) is 0.0526. The van der Waals surface area contributed by atoms with Gasteiger partial charge in [0.05, 0.1) is 22.1 Å². The molecular formula is C19H10F3N3O4. The Kier molecular flexibility index (Phi) is 5.32. The lowest BCUT2D eigenvalue weighted by molar-refractivity contribution is -0.385. The second-order valence-electron chi connectivity index (χ2n) is 5.61. The van der Waals surface area contributed by atoms with Crippen molar-refractivity contribution in [2.45, 2.75) is 6.18 Å². The van der Waals surface area contributed by atoms with Crippen molar-refractivity contribution < 1.29 is 27.6 Å². The minimum absolute atomic E-state index is 0.0330. The third-order valence-electron chi connectivity index (χ3n) is 3.62. The van der Waals surface area contributed by atoms with E-state index in [1.165, 1.54) is 36.4 Å². The van der Waals surface area contributed by atoms with Crippen molar-refractivity contribution in [3.8, 4) is 29.2 Å². The van der Waals surface area contributed by atoms with E-state index in [0.717, 1.165) is 18.2 Å². The van der Waals surface area contributed by atoms with Crippen molar-refractivity contribution in [2.24, 2.45) is 0 Å². The van der Waals surface area contributed by atoms with Gasteiger partial charge < -0.3 is 9.47 Å². The van der Waals surface area contributed by atoms with Crippen LogP contribution in [-0.4, -0.2) is 9.91 Å². The summed E-state index contributed by atoms with van der Waals surface area (Å²) in [6, 6.07) is 13.4. The van der Waals surface area contributed by atoms with Crippen LogP contribution < -0.4 is 9.47 Å². The van der Waals surface area contributed by atoms with E-state index in [1.54, 1.807) is 0 Å². The molecule has 0 unspecified atom stereocenters. The third-order valence-corrected chi connectivity index (χ3v) is 3.62. The van der Waals surface area contributed by atoms with Crippen LogP contribution in [0.3, 0.4) is 0 Å². The highest BCUT2D eigenvalue weighted by atomic mass is 19.4. The summed E-state index contributed by atoms with van der Waals surface area (Å²) in [5.74, 6) is 0.450. The average Bonchev–Trinajstić information content (AvgIpc) is 2.69. The Hall–Kier alpha value is -4.13. The fourth-order valence-electron chi connectivity index (χ4n) is 2.25. The van der Waals surface area contributed by atoms with Gasteiger partial charge in [0, 0.05) is 18.3 Å². The Balaban J connectivity index is 1.73. The Morgan fingerprint density at radius 3 is 2.17 bits per heavy atom. The lowest BCUT2D eigenvalue weighted by atomic mass is 10.2. The molecule has 0 N–H and O–H groups in total. The Labute approximate surface area is 161 Å². The van der Waals surface area contributed by atoms with Gasteiger partial charge >= 0.3 is 11.9 Å². The van der Waals surface area contributed by atoms with Crippen LogP contribution in [0.1, 0.15) is 11.1 Å². The third kappa shape index (κ3) is 4.78. The van der Waals surface area contributed by atoms with Crippen LogP contribution in [0.15, 0.2) is 60.8 Å². The van der Waals surface area contributed by atoms with Crippen LogP contribution >= 0.6 is 0 Å². The van der Waals surface area contributed by atoms with Crippen molar-refractivity contribution in [1.29, 1.82) is 5.26 Å². The number of aromatic nitrogens is 1. The second-order valence-corrected chi connectivity index (χ2v) is 5.61. The van der Waals surface area contributed by atoms with Crippen LogP contribution in [-0.2, 0) is 6.18 Å². The highest BCUT2D eigenvalue weighted by Gasteiger charge is 2.30. The minimum Gasteiger partial charge on any atom is -0.450 e. The molecule has 1 heterocycles. The summed E-state index contributed by atoms with van der Waals surface area (Å²) in [6.45, 7) is 0. The zero-order valence-corrected chi connectivity index (χ0v) is 14.4. The zero-order chi connectivity index (χ0) is 21.0. The van der Waals surface area contributed by atoms with Crippen LogP contribution in [0, 0.1) is 21.4 Å². The molecule has 0 amide bonds. The van der Waals surface area contributed by atoms with Gasteiger partial charge in [-0.25, -0.2) is 4.98 Å². The average molecular weight is 401 g/mol. The van der Waals surface area contributed by atoms with Crippen LogP contribution in [0.5, 0.6) is 23.1 Å². The van der Waals surface area contributed by atoms with Gasteiger partial charge in [0.15, 0.2) is 0 Å². The number of benzene rings is 2. The van der Waals surface area contributed by atoms with Gasteiger partial charge in [-0.05, 0) is 42.5 Å². The number of nitrogens with zero attached hydrogens (tertiary/aromatic N) is 3. The quantitative estimate of drug-likeness (QED) is 0.416. The van der Waals surface area contributed by atoms with Crippen molar-refractivity contribution in [3.63, 3.8) is 0 Å². The highest BCUT2D eigenvalue weighted by molar-refractivity contribution is 5.53. The van der Waals surface area contributed by atoms with Crippen molar-refractivity contribution in [3.05, 3.63) is 82.0 Å². The largest absolute Gasteiger partial charge is 0.450 e. The summed E-state index contributed by atoms with van der Waals surface area (Å²) in [5.41, 5.74) is -1.13. The number of hydrogen-bond donors (Lipinski definition) is 0. The van der Waals surface area contributed by atoms with E-state index in [4.69, 9.17) is 14.7 Å². The molecule has 2 aromatic carbocycles. The summed E-state index contributed by atoms with van der Waals surface area (Å²) >= 11 is 0. The van der Waals surface area contributed by atoms with Gasteiger partial charge in [-0.2, -0.15) is 18.4 Å². The summed E-state index contributed by atoms with van der Waals surface area (Å²) in [4.78, 5) is 14.1. The molecule has 0 fully saturated rings. The van der Waals surface area contributed by atoms with E-state index >= 15 is 0 Å². The molecule has 3 rings (SSSR count). The van der Waals surface area contributed by atoms with E-state index in [9.17, 15) is 23.3 Å². The topological polar surface area (TPSA) is 98.3 Å². The predicted molar refractivity (Wildman–Crippen MR) is 93.6 cm³/mol. The molecule has 29 heavy (non-hydrogen) atoms. The monoisotopic (exact) mass is 401 g/mol. The molecule has 0 aliphatic heterocycles. The molecule has 0 saturated heterocycles. The minimum atomic E-state index is -4.49. The molecule has 0 bridgehead atoms. The number of nitriles is 1. The van der Waals surface area contributed by atoms with Gasteiger partial charge in [-0.1, -0.05) is 0 Å². The first kappa shape index (κ1) is 19.6. The molecule has 146 valence electrons. The number of nitro groups is 1. The van der Waals surface area contributed by atoms with Crippen LogP contribution in [0.2, 0.25) is 0 Å². The lowest BCUT2D eigenvalue weighted by Gasteiger charge is -2.09. The van der Waals surface area contributed by atoms with E-state index in [-0.39, 0.29) is 34.4 Å². The number of nitro benzene ring substituents is 1. The van der Waals surface area contributed by atoms with E-state index in [1.807, 2.05) is 6.07 Å². The number of pyridine rings is 1. The Bertz CT molecular complexity index is 1080. The van der Waals surface area contributed by atoms with Crippen molar-refractivity contribution in [2.75, 3.05) is 0 Å². The summed E-state index contributed by atoms with van der Waals surface area (Å²) in [6.07, 6.45) is -3.82. The van der Waals surface area contributed by atoms with E-state index in [2.05, 4.69) is 4.98 Å². The molecular weight excluding hydrogens is 391 g/mol. The number of hydrogen-bond acceptors (Lipinski definition) is 6. The molecule has 0 aliphatic carbocycles. The smallest absolute Gasteiger partial charge is 0.417 e. The Morgan fingerprint density at radius 1 is 1.00 bits per heavy atom. The first-order valence-electron chi connectivity index (χ1n) is 7.94. The maximum atomic E-state index is 12.5. The molecule has 0 saturated carbocycles. The summed E-state index contributed by atoms with van der Waals surface area (Å²) in [7, 11) is 0. The first-order chi connectivity index (χ1) is 13.8. The van der Waals surface area contributed by atoms with Gasteiger partial charge in [0.2, 0.25) is 11.6 Å². The molecule has 3 aromatic rings. The van der Waals surface area contributed by atoms with E-state index < -0.39 is 16.7 Å². The van der Waals surface area contributed by atoms with Crippen molar-refractivity contribution >= 4 is 5.69 Å². The number of halogens is 3. The standard InChI is InChI=1S/C19H10F3N3O4/c20-19(21,22)13-2-8-18(24-11-13)29-15-5-3-14(4-6-15)28-17-7-1-12(10-23)9-16(17)25(26)27/h1-9,11H. The number of rotatable bonds is 5. The summed E-state index contributed by atoms with van der Waals surface area (Å²) in [5, 5.41) is 20.0. The lowest BCUT2D eigenvalue weighted by Crippen LogP contribution is -2.05. The predicted octanol–water partition coefficient (Wildman–Crippen LogP) is 5.46. The van der Waals surface area contributed by atoms with Gasteiger partial charge in [-0.15, -0.1) is 0 Å². The fourth-order valence-corrected chi connectivity index (χ4v) is 2.25. The summed E-state index contributed by atoms with van der Waals surface area (Å²) < 4.78 is 48.5. The second kappa shape index (κ2) is 7.85. The molecule has 7 nitrogen and oxygen atoms in total. The van der Waals surface area contributed by atoms with Crippen molar-refractivity contribution in [1.82, 2.24) is 4.98 Å². The molecule has 10 heteroatoms. The van der Waals surface area contributed by atoms with Gasteiger partial charge in [0.1, 0.15) is 11.5 Å². The molecule has 1 aromatic heterocycles. The van der Waals surface area contributed by atoms with Gasteiger partial charge in [0.25, 0.3) is 0 Å². The number of alkyl halides is 3. The zero-order valence-electron chi connectivity index (χ0n) is 14.4. The van der Waals surface area contributed by atoms with Crippen LogP contribution in [0.4, 0.5) is 18.9 Å². The molecule has 0 radical (unpaired) electrons. The molecule has 0 atom stereocenters. The Morgan fingerprint density at radius 2 is 1.66 bits per heavy atom. The van der Waals surface area contributed by atoms with Gasteiger partial charge in [-0.3, -0.25) is 10.1 Å². The molecule has 0 aliphatic rings. The maximum Gasteiger partial charge on any atom is 0.417 e. The molecule has 0 spiro atoms. The normalized spacial score (nSPS) is 10.8. The number of ether oxygens (including phenoxy) is 2. The first-order valence-corrected chi connectivity index (χ1v) is 7.94. The highest BCUT2D eigenvalue weighted by Crippen LogP contribution is 2.33. The maximum absolute atomic E-state index is 12.5.